The summed E-state index contributed by atoms with van der Waals surface area (Å²) in [5, 5.41) is 9.28. The van der Waals surface area contributed by atoms with Gasteiger partial charge in [-0.2, -0.15) is 0 Å². The largest absolute Gasteiger partial charge is 0.383 e. The van der Waals surface area contributed by atoms with Gasteiger partial charge in [-0.05, 0) is 18.8 Å². The molecule has 12 heavy (non-hydrogen) atoms. The van der Waals surface area contributed by atoms with Gasteiger partial charge in [-0.25, -0.2) is 0 Å². The van der Waals surface area contributed by atoms with Gasteiger partial charge in [0.2, 0.25) is 0 Å². The Bertz CT molecular complexity index is 170. The quantitative estimate of drug-likeness (QED) is 0.662. The molecule has 1 amide bonds. The highest BCUT2D eigenvalue weighted by Crippen LogP contribution is 2.16. The maximum atomic E-state index is 11.4. The highest BCUT2D eigenvalue weighted by Gasteiger charge is 2.26. The summed E-state index contributed by atoms with van der Waals surface area (Å²) < 4.78 is 0. The Hall–Kier alpha value is -0.570. The van der Waals surface area contributed by atoms with Crippen LogP contribution in [0.25, 0.3) is 0 Å². The van der Waals surface area contributed by atoms with Gasteiger partial charge in [0.15, 0.2) is 0 Å². The molecular weight excluding hydrogens is 154 g/mol. The van der Waals surface area contributed by atoms with Gasteiger partial charge < -0.3 is 10.0 Å². The Morgan fingerprint density at radius 3 is 2.83 bits per heavy atom. The number of likely N-dealkylation sites (tertiary alicyclic amines) is 1. The third-order valence-corrected chi connectivity index (χ3v) is 2.41. The molecule has 0 saturated carbocycles. The molecule has 1 saturated heterocycles. The molecule has 0 aromatic rings. The third kappa shape index (κ3) is 1.97. The second-order valence-electron chi connectivity index (χ2n) is 3.60. The van der Waals surface area contributed by atoms with Gasteiger partial charge >= 0.3 is 0 Å². The van der Waals surface area contributed by atoms with E-state index >= 15 is 0 Å². The third-order valence-electron chi connectivity index (χ3n) is 2.41. The van der Waals surface area contributed by atoms with Crippen molar-refractivity contribution in [1.82, 2.24) is 4.90 Å². The average Bonchev–Trinajstić information content (AvgIpc) is 2.49. The lowest BCUT2D eigenvalue weighted by molar-refractivity contribution is -0.139. The predicted octanol–water partition coefficient (Wildman–Crippen LogP) is 0.626. The summed E-state index contributed by atoms with van der Waals surface area (Å²) in [6, 6.07) is 0. The Kier molecular flexibility index (Phi) is 3.09. The van der Waals surface area contributed by atoms with E-state index in [9.17, 15) is 9.90 Å². The molecule has 1 fully saturated rings. The van der Waals surface area contributed by atoms with E-state index in [1.54, 1.807) is 4.90 Å². The fraction of sp³-hybridized carbons (Fsp3) is 0.889. The van der Waals surface area contributed by atoms with E-state index in [0.29, 0.717) is 12.3 Å². The number of aliphatic hydroxyl groups excluding tert-OH is 1. The number of hydrogen-bond acceptors (Lipinski definition) is 2. The molecule has 1 rings (SSSR count). The first-order chi connectivity index (χ1) is 5.65. The SMILES string of the molecule is CCC(O)C(=O)N1CCC(C)C1. The molecule has 0 bridgehead atoms. The van der Waals surface area contributed by atoms with Crippen molar-refractivity contribution in [2.45, 2.75) is 32.8 Å². The van der Waals surface area contributed by atoms with Crippen molar-refractivity contribution >= 4 is 5.91 Å². The Morgan fingerprint density at radius 1 is 1.75 bits per heavy atom. The minimum Gasteiger partial charge on any atom is -0.383 e. The van der Waals surface area contributed by atoms with Crippen LogP contribution < -0.4 is 0 Å². The van der Waals surface area contributed by atoms with E-state index in [-0.39, 0.29) is 5.91 Å². The van der Waals surface area contributed by atoms with Gasteiger partial charge in [0.25, 0.3) is 5.91 Å². The lowest BCUT2D eigenvalue weighted by atomic mass is 10.2. The molecular formula is C9H17NO2. The number of carbonyl (C=O) groups is 1. The minimum absolute atomic E-state index is 0.0955. The molecule has 1 N–H and O–H groups in total. The molecule has 1 heterocycles. The predicted molar refractivity (Wildman–Crippen MR) is 46.7 cm³/mol. The van der Waals surface area contributed by atoms with Crippen LogP contribution in [0.4, 0.5) is 0 Å². The fourth-order valence-electron chi connectivity index (χ4n) is 1.52. The Balaban J connectivity index is 2.43. The smallest absolute Gasteiger partial charge is 0.251 e. The Labute approximate surface area is 73.4 Å². The summed E-state index contributed by atoms with van der Waals surface area (Å²) in [5.41, 5.74) is 0. The number of nitrogens with zero attached hydrogens (tertiary/aromatic N) is 1. The fourth-order valence-corrected chi connectivity index (χ4v) is 1.52. The van der Waals surface area contributed by atoms with Gasteiger partial charge in [-0.3, -0.25) is 4.79 Å². The summed E-state index contributed by atoms with van der Waals surface area (Å²) in [6.07, 6.45) is 0.807. The van der Waals surface area contributed by atoms with Crippen molar-refractivity contribution in [2.24, 2.45) is 5.92 Å². The van der Waals surface area contributed by atoms with Gasteiger partial charge in [0, 0.05) is 13.1 Å². The highest BCUT2D eigenvalue weighted by atomic mass is 16.3. The molecule has 3 heteroatoms. The average molecular weight is 171 g/mol. The van der Waals surface area contributed by atoms with Crippen LogP contribution >= 0.6 is 0 Å². The zero-order valence-electron chi connectivity index (χ0n) is 7.79. The van der Waals surface area contributed by atoms with E-state index in [1.807, 2.05) is 6.92 Å². The summed E-state index contributed by atoms with van der Waals surface area (Å²) in [5.74, 6) is 0.500. The van der Waals surface area contributed by atoms with Crippen LogP contribution in [0.1, 0.15) is 26.7 Å². The first kappa shape index (κ1) is 9.52. The second-order valence-corrected chi connectivity index (χ2v) is 3.60. The number of amides is 1. The second kappa shape index (κ2) is 3.90. The number of aliphatic hydroxyl groups is 1. The van der Waals surface area contributed by atoms with Gasteiger partial charge in [-0.15, -0.1) is 0 Å². The molecule has 2 atom stereocenters. The van der Waals surface area contributed by atoms with Gasteiger partial charge in [-0.1, -0.05) is 13.8 Å². The lowest BCUT2D eigenvalue weighted by Crippen LogP contribution is -2.37. The van der Waals surface area contributed by atoms with Crippen LogP contribution in [-0.2, 0) is 4.79 Å². The maximum Gasteiger partial charge on any atom is 0.251 e. The lowest BCUT2D eigenvalue weighted by Gasteiger charge is -2.18. The van der Waals surface area contributed by atoms with E-state index in [0.717, 1.165) is 19.5 Å². The van der Waals surface area contributed by atoms with Crippen molar-refractivity contribution in [2.75, 3.05) is 13.1 Å². The molecule has 3 nitrogen and oxygen atoms in total. The molecule has 0 radical (unpaired) electrons. The first-order valence-corrected chi connectivity index (χ1v) is 4.62. The van der Waals surface area contributed by atoms with Gasteiger partial charge in [0.1, 0.15) is 6.10 Å². The van der Waals surface area contributed by atoms with Gasteiger partial charge in [0.05, 0.1) is 0 Å². The number of carbonyl (C=O) groups excluding carboxylic acids is 1. The van der Waals surface area contributed by atoms with Crippen molar-refractivity contribution in [3.05, 3.63) is 0 Å². The molecule has 70 valence electrons. The molecule has 0 spiro atoms. The van der Waals surface area contributed by atoms with Crippen LogP contribution in [0.3, 0.4) is 0 Å². The standard InChI is InChI=1S/C9H17NO2/c1-3-8(11)9(12)10-5-4-7(2)6-10/h7-8,11H,3-6H2,1-2H3. The van der Waals surface area contributed by atoms with Crippen LogP contribution in [-0.4, -0.2) is 35.1 Å². The molecule has 1 aliphatic heterocycles. The summed E-state index contributed by atoms with van der Waals surface area (Å²) in [4.78, 5) is 13.2. The number of hydrogen-bond donors (Lipinski definition) is 1. The van der Waals surface area contributed by atoms with E-state index in [1.165, 1.54) is 0 Å². The zero-order valence-corrected chi connectivity index (χ0v) is 7.79. The molecule has 0 aromatic carbocycles. The topological polar surface area (TPSA) is 40.5 Å². The van der Waals surface area contributed by atoms with Crippen LogP contribution in [0.2, 0.25) is 0 Å². The molecule has 0 aliphatic carbocycles. The zero-order chi connectivity index (χ0) is 9.14. The van der Waals surface area contributed by atoms with Crippen LogP contribution in [0.15, 0.2) is 0 Å². The molecule has 0 aromatic heterocycles. The van der Waals surface area contributed by atoms with E-state index in [4.69, 9.17) is 0 Å². The van der Waals surface area contributed by atoms with E-state index in [2.05, 4.69) is 6.92 Å². The normalized spacial score (nSPS) is 25.9. The van der Waals surface area contributed by atoms with Crippen LogP contribution in [0.5, 0.6) is 0 Å². The number of rotatable bonds is 2. The van der Waals surface area contributed by atoms with Crippen molar-refractivity contribution < 1.29 is 9.90 Å². The van der Waals surface area contributed by atoms with Crippen LogP contribution in [0, 0.1) is 5.92 Å². The highest BCUT2D eigenvalue weighted by molar-refractivity contribution is 5.80. The van der Waals surface area contributed by atoms with Crippen molar-refractivity contribution in [3.63, 3.8) is 0 Å². The Morgan fingerprint density at radius 2 is 2.42 bits per heavy atom. The van der Waals surface area contributed by atoms with E-state index < -0.39 is 6.10 Å². The molecule has 1 aliphatic rings. The summed E-state index contributed by atoms with van der Waals surface area (Å²) in [7, 11) is 0. The van der Waals surface area contributed by atoms with Crippen molar-refractivity contribution in [1.29, 1.82) is 0 Å². The monoisotopic (exact) mass is 171 g/mol. The van der Waals surface area contributed by atoms with Crippen molar-refractivity contribution in [3.8, 4) is 0 Å². The minimum atomic E-state index is -0.782. The summed E-state index contributed by atoms with van der Waals surface area (Å²) in [6.45, 7) is 5.58. The molecule has 2 unspecified atom stereocenters. The first-order valence-electron chi connectivity index (χ1n) is 4.62. The summed E-state index contributed by atoms with van der Waals surface area (Å²) >= 11 is 0. The maximum absolute atomic E-state index is 11.4.